The number of hydrogen-bond acceptors (Lipinski definition) is 2. The summed E-state index contributed by atoms with van der Waals surface area (Å²) in [7, 11) is 0. The lowest BCUT2D eigenvalue weighted by molar-refractivity contribution is 0.468. The number of phenolic OH excluding ortho intramolecular Hbond substituents is 2. The van der Waals surface area contributed by atoms with Gasteiger partial charge in [-0.25, -0.2) is 0 Å². The highest BCUT2D eigenvalue weighted by molar-refractivity contribution is 5.75. The van der Waals surface area contributed by atoms with Gasteiger partial charge in [-0.2, -0.15) is 0 Å². The number of benzene rings is 2. The molecule has 0 saturated carbocycles. The van der Waals surface area contributed by atoms with Crippen molar-refractivity contribution in [3.63, 3.8) is 0 Å². The normalized spacial score (nSPS) is 10.4. The van der Waals surface area contributed by atoms with Gasteiger partial charge in [0.25, 0.3) is 0 Å². The molecule has 0 amide bonds. The summed E-state index contributed by atoms with van der Waals surface area (Å²) < 4.78 is 0. The smallest absolute Gasteiger partial charge is 0.123 e. The molecule has 2 aromatic rings. The third-order valence-corrected chi connectivity index (χ3v) is 2.60. The van der Waals surface area contributed by atoms with Crippen LogP contribution in [-0.4, -0.2) is 10.2 Å². The van der Waals surface area contributed by atoms with E-state index in [1.807, 2.05) is 38.1 Å². The monoisotopic (exact) mass is 214 g/mol. The highest BCUT2D eigenvalue weighted by Gasteiger charge is 2.08. The second kappa shape index (κ2) is 3.89. The van der Waals surface area contributed by atoms with Gasteiger partial charge >= 0.3 is 0 Å². The molecule has 0 saturated heterocycles. The Morgan fingerprint density at radius 1 is 0.688 bits per heavy atom. The van der Waals surface area contributed by atoms with Crippen molar-refractivity contribution in [2.45, 2.75) is 13.8 Å². The van der Waals surface area contributed by atoms with Crippen molar-refractivity contribution in [2.24, 2.45) is 0 Å². The van der Waals surface area contributed by atoms with Crippen molar-refractivity contribution in [1.82, 2.24) is 0 Å². The molecule has 0 heterocycles. The first-order valence-electron chi connectivity index (χ1n) is 5.17. The molecule has 0 spiro atoms. The van der Waals surface area contributed by atoms with Crippen molar-refractivity contribution >= 4 is 0 Å². The summed E-state index contributed by atoms with van der Waals surface area (Å²) in [6.07, 6.45) is 0. The molecule has 16 heavy (non-hydrogen) atoms. The van der Waals surface area contributed by atoms with E-state index in [0.29, 0.717) is 11.1 Å². The minimum atomic E-state index is 0.194. The van der Waals surface area contributed by atoms with Gasteiger partial charge in [-0.1, -0.05) is 24.3 Å². The molecular weight excluding hydrogens is 200 g/mol. The molecule has 82 valence electrons. The van der Waals surface area contributed by atoms with Gasteiger partial charge in [-0.3, -0.25) is 0 Å². The zero-order chi connectivity index (χ0) is 11.7. The van der Waals surface area contributed by atoms with Crippen molar-refractivity contribution in [3.8, 4) is 22.6 Å². The Kier molecular flexibility index (Phi) is 2.57. The third kappa shape index (κ3) is 1.87. The lowest BCUT2D eigenvalue weighted by atomic mass is 10.0. The van der Waals surface area contributed by atoms with Crippen molar-refractivity contribution < 1.29 is 10.2 Å². The van der Waals surface area contributed by atoms with E-state index in [-0.39, 0.29) is 11.5 Å². The van der Waals surface area contributed by atoms with Crippen molar-refractivity contribution in [1.29, 1.82) is 0 Å². The number of aromatic hydroxyl groups is 2. The lowest BCUT2D eigenvalue weighted by Gasteiger charge is -2.08. The highest BCUT2D eigenvalue weighted by Crippen LogP contribution is 2.35. The number of phenols is 2. The predicted octanol–water partition coefficient (Wildman–Crippen LogP) is 3.38. The molecule has 2 N–H and O–H groups in total. The van der Waals surface area contributed by atoms with E-state index in [0.717, 1.165) is 11.1 Å². The topological polar surface area (TPSA) is 40.5 Å². The second-order valence-corrected chi connectivity index (χ2v) is 4.04. The van der Waals surface area contributed by atoms with E-state index < -0.39 is 0 Å². The first kappa shape index (κ1) is 10.6. The minimum Gasteiger partial charge on any atom is -0.507 e. The summed E-state index contributed by atoms with van der Waals surface area (Å²) >= 11 is 0. The summed E-state index contributed by atoms with van der Waals surface area (Å²) in [4.78, 5) is 0. The lowest BCUT2D eigenvalue weighted by Crippen LogP contribution is -1.83. The largest absolute Gasteiger partial charge is 0.507 e. The number of rotatable bonds is 1. The van der Waals surface area contributed by atoms with Crippen LogP contribution in [0.5, 0.6) is 11.5 Å². The summed E-state index contributed by atoms with van der Waals surface area (Å²) in [5.41, 5.74) is 3.30. The van der Waals surface area contributed by atoms with Crippen LogP contribution in [0.1, 0.15) is 11.1 Å². The first-order valence-corrected chi connectivity index (χ1v) is 5.17. The molecule has 0 radical (unpaired) electrons. The van der Waals surface area contributed by atoms with Crippen LogP contribution in [-0.2, 0) is 0 Å². The second-order valence-electron chi connectivity index (χ2n) is 4.04. The van der Waals surface area contributed by atoms with Gasteiger partial charge in [0.05, 0.1) is 0 Å². The zero-order valence-corrected chi connectivity index (χ0v) is 9.36. The average molecular weight is 214 g/mol. The minimum absolute atomic E-state index is 0.194. The fraction of sp³-hybridized carbons (Fsp3) is 0.143. The Morgan fingerprint density at radius 2 is 1.06 bits per heavy atom. The Balaban J connectivity index is 2.59. The standard InChI is InChI=1S/C14H14O2/c1-9-3-5-11(13(15)7-9)12-6-4-10(2)8-14(12)16/h3-8,15-16H,1-2H3. The summed E-state index contributed by atoms with van der Waals surface area (Å²) in [5.74, 6) is 0.387. The molecular formula is C14H14O2. The van der Waals surface area contributed by atoms with Crippen LogP contribution in [0, 0.1) is 13.8 Å². The maximum absolute atomic E-state index is 9.83. The molecule has 2 rings (SSSR count). The molecule has 0 atom stereocenters. The Morgan fingerprint density at radius 3 is 1.38 bits per heavy atom. The van der Waals surface area contributed by atoms with Gasteiger partial charge in [0.2, 0.25) is 0 Å². The molecule has 0 aliphatic rings. The van der Waals surface area contributed by atoms with Gasteiger partial charge in [0, 0.05) is 11.1 Å². The van der Waals surface area contributed by atoms with Gasteiger partial charge in [0.15, 0.2) is 0 Å². The van der Waals surface area contributed by atoms with Gasteiger partial charge in [0.1, 0.15) is 11.5 Å². The summed E-state index contributed by atoms with van der Waals surface area (Å²) in [5, 5.41) is 19.7. The first-order chi connectivity index (χ1) is 7.58. The van der Waals surface area contributed by atoms with Crippen LogP contribution >= 0.6 is 0 Å². The number of aryl methyl sites for hydroxylation is 2. The van der Waals surface area contributed by atoms with Crippen LogP contribution in [0.25, 0.3) is 11.1 Å². The molecule has 0 aliphatic carbocycles. The van der Waals surface area contributed by atoms with E-state index >= 15 is 0 Å². The molecule has 2 heteroatoms. The third-order valence-electron chi connectivity index (χ3n) is 2.60. The average Bonchev–Trinajstić information content (AvgIpc) is 2.19. The van der Waals surface area contributed by atoms with Gasteiger partial charge in [-0.15, -0.1) is 0 Å². The molecule has 0 aromatic heterocycles. The van der Waals surface area contributed by atoms with Crippen LogP contribution in [0.4, 0.5) is 0 Å². The Bertz CT molecular complexity index is 481. The molecule has 0 bridgehead atoms. The number of hydrogen-bond donors (Lipinski definition) is 2. The molecule has 0 fully saturated rings. The zero-order valence-electron chi connectivity index (χ0n) is 9.36. The van der Waals surface area contributed by atoms with Gasteiger partial charge in [-0.05, 0) is 37.1 Å². The maximum Gasteiger partial charge on any atom is 0.123 e. The molecule has 0 unspecified atom stereocenters. The van der Waals surface area contributed by atoms with Crippen LogP contribution in [0.3, 0.4) is 0 Å². The molecule has 2 nitrogen and oxygen atoms in total. The van der Waals surface area contributed by atoms with E-state index in [9.17, 15) is 10.2 Å². The summed E-state index contributed by atoms with van der Waals surface area (Å²) in [6, 6.07) is 10.8. The molecule has 0 aliphatic heterocycles. The van der Waals surface area contributed by atoms with E-state index in [1.54, 1.807) is 12.1 Å². The highest BCUT2D eigenvalue weighted by atomic mass is 16.3. The van der Waals surface area contributed by atoms with E-state index in [2.05, 4.69) is 0 Å². The maximum atomic E-state index is 9.83. The fourth-order valence-corrected chi connectivity index (χ4v) is 1.74. The molecule has 2 aromatic carbocycles. The van der Waals surface area contributed by atoms with Crippen LogP contribution in [0.15, 0.2) is 36.4 Å². The quantitative estimate of drug-likeness (QED) is 0.764. The van der Waals surface area contributed by atoms with Crippen LogP contribution < -0.4 is 0 Å². The summed E-state index contributed by atoms with van der Waals surface area (Å²) in [6.45, 7) is 3.83. The Labute approximate surface area is 94.8 Å². The SMILES string of the molecule is Cc1ccc(-c2ccc(C)cc2O)c(O)c1. The van der Waals surface area contributed by atoms with Gasteiger partial charge < -0.3 is 10.2 Å². The fourth-order valence-electron chi connectivity index (χ4n) is 1.74. The van der Waals surface area contributed by atoms with E-state index in [4.69, 9.17) is 0 Å². The van der Waals surface area contributed by atoms with E-state index in [1.165, 1.54) is 0 Å². The van der Waals surface area contributed by atoms with Crippen molar-refractivity contribution in [3.05, 3.63) is 47.5 Å². The van der Waals surface area contributed by atoms with Crippen molar-refractivity contribution in [2.75, 3.05) is 0 Å². The Hall–Kier alpha value is -1.96. The predicted molar refractivity (Wildman–Crippen MR) is 64.7 cm³/mol. The van der Waals surface area contributed by atoms with Crippen LogP contribution in [0.2, 0.25) is 0 Å².